The zero-order valence-electron chi connectivity index (χ0n) is 11.3. The summed E-state index contributed by atoms with van der Waals surface area (Å²) >= 11 is 3.26. The van der Waals surface area contributed by atoms with E-state index in [0.717, 1.165) is 11.3 Å². The lowest BCUT2D eigenvalue weighted by Crippen LogP contribution is -2.20. The monoisotopic (exact) mass is 334 g/mol. The number of hydrogen-bond donors (Lipinski definition) is 1. The number of aromatic nitrogens is 1. The van der Waals surface area contributed by atoms with E-state index < -0.39 is 5.97 Å². The van der Waals surface area contributed by atoms with Crippen molar-refractivity contribution in [1.29, 1.82) is 0 Å². The van der Waals surface area contributed by atoms with Gasteiger partial charge in [-0.2, -0.15) is 0 Å². The van der Waals surface area contributed by atoms with Crippen molar-refractivity contribution in [1.82, 2.24) is 4.98 Å². The first kappa shape index (κ1) is 14.5. The standard InChI is InChI=1S/C15H15BrN2O2/c1-3-18(12-6-4-10(2)5-7-12)14-13(15(19)20)8-11(16)9-17-14/h4-9H,3H2,1-2H3,(H,19,20). The molecule has 1 N–H and O–H groups in total. The molecule has 20 heavy (non-hydrogen) atoms. The zero-order chi connectivity index (χ0) is 14.7. The summed E-state index contributed by atoms with van der Waals surface area (Å²) in [5.41, 5.74) is 2.27. The minimum absolute atomic E-state index is 0.182. The highest BCUT2D eigenvalue weighted by Gasteiger charge is 2.18. The summed E-state index contributed by atoms with van der Waals surface area (Å²) in [6.45, 7) is 4.62. The van der Waals surface area contributed by atoms with Crippen LogP contribution < -0.4 is 4.90 Å². The lowest BCUT2D eigenvalue weighted by Gasteiger charge is -2.23. The van der Waals surface area contributed by atoms with Gasteiger partial charge in [-0.1, -0.05) is 17.7 Å². The fraction of sp³-hybridized carbons (Fsp3) is 0.200. The molecule has 0 saturated heterocycles. The first-order chi connectivity index (χ1) is 9.52. The van der Waals surface area contributed by atoms with Gasteiger partial charge in [0.2, 0.25) is 0 Å². The van der Waals surface area contributed by atoms with E-state index in [1.807, 2.05) is 43.0 Å². The molecule has 0 saturated carbocycles. The molecule has 0 amide bonds. The van der Waals surface area contributed by atoms with Gasteiger partial charge in [0.15, 0.2) is 0 Å². The average Bonchev–Trinajstić information content (AvgIpc) is 2.43. The van der Waals surface area contributed by atoms with Crippen molar-refractivity contribution >= 4 is 33.4 Å². The van der Waals surface area contributed by atoms with Crippen molar-refractivity contribution in [3.8, 4) is 0 Å². The molecule has 1 aromatic heterocycles. The highest BCUT2D eigenvalue weighted by Crippen LogP contribution is 2.28. The predicted octanol–water partition coefficient (Wildman–Crippen LogP) is 4.01. The third-order valence-electron chi connectivity index (χ3n) is 2.98. The molecule has 0 aliphatic heterocycles. The predicted molar refractivity (Wildman–Crippen MR) is 82.8 cm³/mol. The van der Waals surface area contributed by atoms with Gasteiger partial charge >= 0.3 is 5.97 Å². The van der Waals surface area contributed by atoms with Gasteiger partial charge in [-0.15, -0.1) is 0 Å². The summed E-state index contributed by atoms with van der Waals surface area (Å²) in [6.07, 6.45) is 1.61. The van der Waals surface area contributed by atoms with E-state index in [9.17, 15) is 9.90 Å². The molecule has 0 aliphatic carbocycles. The van der Waals surface area contributed by atoms with E-state index >= 15 is 0 Å². The number of halogens is 1. The molecule has 0 aliphatic rings. The van der Waals surface area contributed by atoms with Crippen LogP contribution in [-0.2, 0) is 0 Å². The molecule has 0 spiro atoms. The summed E-state index contributed by atoms with van der Waals surface area (Å²) in [4.78, 5) is 17.5. The fourth-order valence-corrected chi connectivity index (χ4v) is 2.32. The van der Waals surface area contributed by atoms with Crippen molar-refractivity contribution in [3.05, 3.63) is 52.1 Å². The maximum Gasteiger partial charge on any atom is 0.339 e. The minimum Gasteiger partial charge on any atom is -0.478 e. The summed E-state index contributed by atoms with van der Waals surface area (Å²) in [5, 5.41) is 9.34. The van der Waals surface area contributed by atoms with Crippen molar-refractivity contribution in [2.75, 3.05) is 11.4 Å². The van der Waals surface area contributed by atoms with Gasteiger partial charge in [-0.25, -0.2) is 9.78 Å². The number of aryl methyl sites for hydroxylation is 1. The number of nitrogens with zero attached hydrogens (tertiary/aromatic N) is 2. The number of aromatic carboxylic acids is 1. The maximum atomic E-state index is 11.4. The summed E-state index contributed by atoms with van der Waals surface area (Å²) < 4.78 is 0.651. The number of rotatable bonds is 4. The number of pyridine rings is 1. The number of carboxylic acids is 1. The number of carbonyl (C=O) groups is 1. The van der Waals surface area contributed by atoms with Crippen LogP contribution in [0.25, 0.3) is 0 Å². The van der Waals surface area contributed by atoms with Crippen molar-refractivity contribution in [3.63, 3.8) is 0 Å². The molecular weight excluding hydrogens is 320 g/mol. The molecule has 2 rings (SSSR count). The second-order valence-corrected chi connectivity index (χ2v) is 5.33. The Morgan fingerprint density at radius 1 is 1.35 bits per heavy atom. The van der Waals surface area contributed by atoms with Crippen LogP contribution in [0.2, 0.25) is 0 Å². The Labute approximate surface area is 126 Å². The van der Waals surface area contributed by atoms with Gasteiger partial charge in [-0.3, -0.25) is 0 Å². The number of anilines is 2. The van der Waals surface area contributed by atoms with E-state index in [1.165, 1.54) is 0 Å². The Bertz CT molecular complexity index is 626. The van der Waals surface area contributed by atoms with Crippen LogP contribution in [0.5, 0.6) is 0 Å². The molecule has 5 heteroatoms. The summed E-state index contributed by atoms with van der Waals surface area (Å²) in [6, 6.07) is 9.50. The van der Waals surface area contributed by atoms with Crippen LogP contribution in [0.1, 0.15) is 22.8 Å². The SMILES string of the molecule is CCN(c1ccc(C)cc1)c1ncc(Br)cc1C(=O)O. The average molecular weight is 335 g/mol. The highest BCUT2D eigenvalue weighted by atomic mass is 79.9. The van der Waals surface area contributed by atoms with Crippen LogP contribution in [0.15, 0.2) is 41.0 Å². The molecule has 0 atom stereocenters. The van der Waals surface area contributed by atoms with Gasteiger partial charge < -0.3 is 10.0 Å². The Balaban J connectivity index is 2.51. The minimum atomic E-state index is -0.987. The van der Waals surface area contributed by atoms with Gasteiger partial charge in [0.05, 0.1) is 0 Å². The zero-order valence-corrected chi connectivity index (χ0v) is 12.9. The Hall–Kier alpha value is -1.88. The Kier molecular flexibility index (Phi) is 4.39. The third-order valence-corrected chi connectivity index (χ3v) is 3.41. The first-order valence-corrected chi connectivity index (χ1v) is 7.05. The largest absolute Gasteiger partial charge is 0.478 e. The molecule has 1 aromatic carbocycles. The van der Waals surface area contributed by atoms with Crippen LogP contribution in [-0.4, -0.2) is 22.6 Å². The molecule has 0 bridgehead atoms. The molecule has 104 valence electrons. The molecule has 0 radical (unpaired) electrons. The van der Waals surface area contributed by atoms with Crippen LogP contribution in [0, 0.1) is 6.92 Å². The lowest BCUT2D eigenvalue weighted by atomic mass is 10.2. The number of carboxylic acid groups (broad SMARTS) is 1. The maximum absolute atomic E-state index is 11.4. The van der Waals surface area contributed by atoms with Gasteiger partial charge in [0.25, 0.3) is 0 Å². The summed E-state index contributed by atoms with van der Waals surface area (Å²) in [7, 11) is 0. The molecule has 2 aromatic rings. The van der Waals surface area contributed by atoms with E-state index in [-0.39, 0.29) is 5.56 Å². The normalized spacial score (nSPS) is 10.3. The molecule has 1 heterocycles. The van der Waals surface area contributed by atoms with E-state index in [4.69, 9.17) is 0 Å². The third kappa shape index (κ3) is 2.99. The quantitative estimate of drug-likeness (QED) is 0.917. The topological polar surface area (TPSA) is 53.4 Å². The Morgan fingerprint density at radius 3 is 2.55 bits per heavy atom. The van der Waals surface area contributed by atoms with Gasteiger partial charge in [0.1, 0.15) is 11.4 Å². The molecule has 0 unspecified atom stereocenters. The van der Waals surface area contributed by atoms with Crippen LogP contribution in [0.3, 0.4) is 0 Å². The van der Waals surface area contributed by atoms with Crippen LogP contribution >= 0.6 is 15.9 Å². The van der Waals surface area contributed by atoms with E-state index in [2.05, 4.69) is 20.9 Å². The summed E-state index contributed by atoms with van der Waals surface area (Å²) in [5.74, 6) is -0.536. The lowest BCUT2D eigenvalue weighted by molar-refractivity contribution is 0.0697. The molecule has 4 nitrogen and oxygen atoms in total. The van der Waals surface area contributed by atoms with Crippen molar-refractivity contribution in [2.45, 2.75) is 13.8 Å². The first-order valence-electron chi connectivity index (χ1n) is 6.26. The highest BCUT2D eigenvalue weighted by molar-refractivity contribution is 9.10. The van der Waals surface area contributed by atoms with Crippen LogP contribution in [0.4, 0.5) is 11.5 Å². The Morgan fingerprint density at radius 2 is 2.00 bits per heavy atom. The van der Waals surface area contributed by atoms with Gasteiger partial charge in [-0.05, 0) is 48.0 Å². The molecular formula is C15H15BrN2O2. The number of hydrogen-bond acceptors (Lipinski definition) is 3. The van der Waals surface area contributed by atoms with Gasteiger partial charge in [0, 0.05) is 22.9 Å². The van der Waals surface area contributed by atoms with E-state index in [0.29, 0.717) is 16.8 Å². The van der Waals surface area contributed by atoms with E-state index in [1.54, 1.807) is 12.3 Å². The molecule has 0 fully saturated rings. The second kappa shape index (κ2) is 6.05. The second-order valence-electron chi connectivity index (χ2n) is 4.41. The van der Waals surface area contributed by atoms with Crippen molar-refractivity contribution in [2.24, 2.45) is 0 Å². The van der Waals surface area contributed by atoms with Crippen molar-refractivity contribution < 1.29 is 9.90 Å². The fourth-order valence-electron chi connectivity index (χ4n) is 1.98. The smallest absolute Gasteiger partial charge is 0.339 e. The number of benzene rings is 1.